The van der Waals surface area contributed by atoms with Crippen LogP contribution in [0.5, 0.6) is 0 Å². The second kappa shape index (κ2) is 5.98. The van der Waals surface area contributed by atoms with E-state index in [-0.39, 0.29) is 31.9 Å². The number of amides is 1. The molecule has 1 heterocycles. The van der Waals surface area contributed by atoms with E-state index in [1.807, 2.05) is 0 Å². The minimum absolute atomic E-state index is 0.0774. The van der Waals surface area contributed by atoms with E-state index in [1.54, 1.807) is 0 Å². The predicted octanol–water partition coefficient (Wildman–Crippen LogP) is 1.68. The van der Waals surface area contributed by atoms with Gasteiger partial charge in [-0.05, 0) is 18.2 Å². The van der Waals surface area contributed by atoms with Crippen LogP contribution in [0.25, 0.3) is 0 Å². The van der Waals surface area contributed by atoms with E-state index in [9.17, 15) is 22.4 Å². The molecule has 8 heteroatoms. The van der Waals surface area contributed by atoms with Gasteiger partial charge in [0.2, 0.25) is 0 Å². The van der Waals surface area contributed by atoms with E-state index < -0.39 is 29.6 Å². The van der Waals surface area contributed by atoms with Gasteiger partial charge in [-0.3, -0.25) is 4.79 Å². The molecule has 116 valence electrons. The molecule has 1 atom stereocenters. The SMILES string of the molecule is O=C(c1ccc(F)c(C(F)(F)F)c1)N1CCOC(CO)C1. The number of hydrogen-bond acceptors (Lipinski definition) is 3. The third kappa shape index (κ3) is 3.51. The Morgan fingerprint density at radius 3 is 2.76 bits per heavy atom. The molecule has 1 saturated heterocycles. The molecular formula is C13H13F4NO3. The van der Waals surface area contributed by atoms with E-state index in [4.69, 9.17) is 9.84 Å². The highest BCUT2D eigenvalue weighted by Crippen LogP contribution is 2.32. The van der Waals surface area contributed by atoms with Crippen LogP contribution >= 0.6 is 0 Å². The van der Waals surface area contributed by atoms with Gasteiger partial charge in [-0.15, -0.1) is 0 Å². The van der Waals surface area contributed by atoms with Gasteiger partial charge in [-0.1, -0.05) is 0 Å². The number of benzene rings is 1. The first-order chi connectivity index (χ1) is 9.82. The summed E-state index contributed by atoms with van der Waals surface area (Å²) in [6.45, 7) is 0.174. The first-order valence-corrected chi connectivity index (χ1v) is 6.21. The quantitative estimate of drug-likeness (QED) is 0.846. The zero-order valence-electron chi connectivity index (χ0n) is 10.9. The van der Waals surface area contributed by atoms with Crippen LogP contribution in [-0.2, 0) is 10.9 Å². The summed E-state index contributed by atoms with van der Waals surface area (Å²) in [6, 6.07) is 2.14. The average Bonchev–Trinajstić information content (AvgIpc) is 2.46. The van der Waals surface area contributed by atoms with Crippen LogP contribution < -0.4 is 0 Å². The number of nitrogens with zero attached hydrogens (tertiary/aromatic N) is 1. The van der Waals surface area contributed by atoms with Crippen molar-refractivity contribution in [2.45, 2.75) is 12.3 Å². The molecule has 1 aliphatic heterocycles. The molecule has 21 heavy (non-hydrogen) atoms. The fourth-order valence-electron chi connectivity index (χ4n) is 2.07. The van der Waals surface area contributed by atoms with Crippen molar-refractivity contribution in [1.82, 2.24) is 4.90 Å². The number of ether oxygens (including phenoxy) is 1. The van der Waals surface area contributed by atoms with Crippen LogP contribution in [0.2, 0.25) is 0 Å². The van der Waals surface area contributed by atoms with Gasteiger partial charge in [0.05, 0.1) is 24.9 Å². The van der Waals surface area contributed by atoms with Crippen molar-refractivity contribution in [2.75, 3.05) is 26.3 Å². The van der Waals surface area contributed by atoms with Crippen LogP contribution in [0.1, 0.15) is 15.9 Å². The Morgan fingerprint density at radius 1 is 1.43 bits per heavy atom. The number of carbonyl (C=O) groups is 1. The average molecular weight is 307 g/mol. The normalized spacial score (nSPS) is 19.7. The maximum Gasteiger partial charge on any atom is 0.419 e. The zero-order chi connectivity index (χ0) is 15.6. The summed E-state index contributed by atoms with van der Waals surface area (Å²) in [5, 5.41) is 8.99. The molecule has 0 spiro atoms. The fraction of sp³-hybridized carbons (Fsp3) is 0.462. The zero-order valence-corrected chi connectivity index (χ0v) is 10.9. The summed E-state index contributed by atoms with van der Waals surface area (Å²) < 4.78 is 56.2. The number of hydrogen-bond donors (Lipinski definition) is 1. The summed E-state index contributed by atoms with van der Waals surface area (Å²) in [4.78, 5) is 13.4. The Labute approximate surface area is 117 Å². The van der Waals surface area contributed by atoms with E-state index in [1.165, 1.54) is 4.90 Å². The van der Waals surface area contributed by atoms with E-state index in [0.717, 1.165) is 6.07 Å². The summed E-state index contributed by atoms with van der Waals surface area (Å²) in [5.74, 6) is -2.07. The van der Waals surface area contributed by atoms with Crippen molar-refractivity contribution in [3.8, 4) is 0 Å². The first kappa shape index (κ1) is 15.7. The Bertz CT molecular complexity index is 533. The molecule has 0 aliphatic carbocycles. The van der Waals surface area contributed by atoms with Crippen LogP contribution in [0, 0.1) is 5.82 Å². The van der Waals surface area contributed by atoms with Crippen molar-refractivity contribution in [1.29, 1.82) is 0 Å². The fourth-order valence-corrected chi connectivity index (χ4v) is 2.07. The molecule has 1 N–H and O–H groups in total. The Balaban J connectivity index is 2.23. The van der Waals surface area contributed by atoms with Crippen LogP contribution in [0.4, 0.5) is 17.6 Å². The highest BCUT2D eigenvalue weighted by Gasteiger charge is 2.35. The van der Waals surface area contributed by atoms with E-state index in [0.29, 0.717) is 12.1 Å². The molecule has 1 unspecified atom stereocenters. The maximum atomic E-state index is 13.2. The smallest absolute Gasteiger partial charge is 0.394 e. The highest BCUT2D eigenvalue weighted by atomic mass is 19.4. The number of aliphatic hydroxyl groups is 1. The molecule has 4 nitrogen and oxygen atoms in total. The van der Waals surface area contributed by atoms with Gasteiger partial charge >= 0.3 is 6.18 Å². The summed E-state index contributed by atoms with van der Waals surface area (Å²) in [6.07, 6.45) is -5.43. The lowest BCUT2D eigenvalue weighted by Crippen LogP contribution is -2.46. The minimum atomic E-state index is -4.86. The van der Waals surface area contributed by atoms with Crippen LogP contribution in [-0.4, -0.2) is 48.3 Å². The molecule has 0 saturated carbocycles. The third-order valence-corrected chi connectivity index (χ3v) is 3.15. The Morgan fingerprint density at radius 2 is 2.14 bits per heavy atom. The molecule has 0 aromatic heterocycles. The molecule has 0 radical (unpaired) electrons. The monoisotopic (exact) mass is 307 g/mol. The number of morpholine rings is 1. The summed E-state index contributed by atoms with van der Waals surface area (Å²) in [7, 11) is 0. The Kier molecular flexibility index (Phi) is 4.48. The van der Waals surface area contributed by atoms with Gasteiger partial charge in [0.15, 0.2) is 0 Å². The summed E-state index contributed by atoms with van der Waals surface area (Å²) in [5.41, 5.74) is -1.72. The second-order valence-electron chi connectivity index (χ2n) is 4.62. The molecule has 1 aromatic carbocycles. The van der Waals surface area contributed by atoms with E-state index in [2.05, 4.69) is 0 Å². The standard InChI is InChI=1S/C13H13F4NO3/c14-11-2-1-8(5-10(11)13(15,16)17)12(20)18-3-4-21-9(6-18)7-19/h1-2,5,9,19H,3-4,6-7H2. The maximum absolute atomic E-state index is 13.2. The largest absolute Gasteiger partial charge is 0.419 e. The van der Waals surface area contributed by atoms with Gasteiger partial charge in [-0.2, -0.15) is 13.2 Å². The topological polar surface area (TPSA) is 49.8 Å². The van der Waals surface area contributed by atoms with Gasteiger partial charge in [0.25, 0.3) is 5.91 Å². The molecular weight excluding hydrogens is 294 g/mol. The van der Waals surface area contributed by atoms with Crippen LogP contribution in [0.3, 0.4) is 0 Å². The van der Waals surface area contributed by atoms with E-state index >= 15 is 0 Å². The molecule has 1 fully saturated rings. The molecule has 1 aliphatic rings. The lowest BCUT2D eigenvalue weighted by molar-refractivity contribution is -0.140. The number of rotatable bonds is 2. The predicted molar refractivity (Wildman–Crippen MR) is 64.1 cm³/mol. The lowest BCUT2D eigenvalue weighted by atomic mass is 10.1. The Hall–Kier alpha value is -1.67. The van der Waals surface area contributed by atoms with Crippen molar-refractivity contribution in [3.63, 3.8) is 0 Å². The van der Waals surface area contributed by atoms with Gasteiger partial charge in [-0.25, -0.2) is 4.39 Å². The number of alkyl halides is 3. The van der Waals surface area contributed by atoms with Crippen molar-refractivity contribution in [2.24, 2.45) is 0 Å². The number of aliphatic hydroxyl groups excluding tert-OH is 1. The van der Waals surface area contributed by atoms with Crippen molar-refractivity contribution in [3.05, 3.63) is 35.1 Å². The first-order valence-electron chi connectivity index (χ1n) is 6.21. The number of halogens is 4. The van der Waals surface area contributed by atoms with Crippen molar-refractivity contribution >= 4 is 5.91 Å². The molecule has 1 amide bonds. The second-order valence-corrected chi connectivity index (χ2v) is 4.62. The van der Waals surface area contributed by atoms with Gasteiger partial charge in [0, 0.05) is 18.7 Å². The highest BCUT2D eigenvalue weighted by molar-refractivity contribution is 5.94. The molecule has 0 bridgehead atoms. The lowest BCUT2D eigenvalue weighted by Gasteiger charge is -2.32. The molecule has 1 aromatic rings. The summed E-state index contributed by atoms with van der Waals surface area (Å²) >= 11 is 0. The van der Waals surface area contributed by atoms with Gasteiger partial charge < -0.3 is 14.7 Å². The minimum Gasteiger partial charge on any atom is -0.394 e. The molecule has 2 rings (SSSR count). The van der Waals surface area contributed by atoms with Crippen LogP contribution in [0.15, 0.2) is 18.2 Å². The van der Waals surface area contributed by atoms with Gasteiger partial charge in [0.1, 0.15) is 5.82 Å². The third-order valence-electron chi connectivity index (χ3n) is 3.15. The van der Waals surface area contributed by atoms with Crippen molar-refractivity contribution < 1.29 is 32.2 Å². The number of carbonyl (C=O) groups excluding carboxylic acids is 1.